The van der Waals surface area contributed by atoms with Gasteiger partial charge in [0.2, 0.25) is 0 Å². The second kappa shape index (κ2) is 4.41. The van der Waals surface area contributed by atoms with Gasteiger partial charge in [-0.05, 0) is 19.8 Å². The lowest BCUT2D eigenvalue weighted by Gasteiger charge is -2.40. The highest BCUT2D eigenvalue weighted by Crippen LogP contribution is 2.21. The van der Waals surface area contributed by atoms with Crippen molar-refractivity contribution in [1.29, 1.82) is 0 Å². The van der Waals surface area contributed by atoms with Crippen LogP contribution in [-0.4, -0.2) is 42.5 Å². The monoisotopic (exact) mass is 197 g/mol. The molecule has 0 spiro atoms. The first-order valence-corrected chi connectivity index (χ1v) is 5.62. The van der Waals surface area contributed by atoms with Crippen molar-refractivity contribution in [1.82, 2.24) is 4.90 Å². The van der Waals surface area contributed by atoms with E-state index in [0.717, 1.165) is 32.6 Å². The van der Waals surface area contributed by atoms with Gasteiger partial charge in [0.25, 0.3) is 0 Å². The fraction of sp³-hybridized carbons (Fsp3) is 0.909. The second-order valence-corrected chi connectivity index (χ2v) is 4.45. The summed E-state index contributed by atoms with van der Waals surface area (Å²) in [5.74, 6) is 0.422. The second-order valence-electron chi connectivity index (χ2n) is 4.45. The van der Waals surface area contributed by atoms with Gasteiger partial charge in [0.15, 0.2) is 0 Å². The van der Waals surface area contributed by atoms with Crippen LogP contribution in [-0.2, 0) is 9.53 Å². The fourth-order valence-electron chi connectivity index (χ4n) is 2.55. The predicted octanol–water partition coefficient (Wildman–Crippen LogP) is 1.22. The van der Waals surface area contributed by atoms with E-state index >= 15 is 0 Å². The van der Waals surface area contributed by atoms with Crippen molar-refractivity contribution >= 4 is 5.78 Å². The van der Waals surface area contributed by atoms with Gasteiger partial charge in [-0.2, -0.15) is 0 Å². The van der Waals surface area contributed by atoms with Crippen LogP contribution in [0.1, 0.15) is 32.6 Å². The first-order chi connectivity index (χ1) is 6.77. The van der Waals surface area contributed by atoms with Crippen LogP contribution in [0, 0.1) is 0 Å². The number of carbonyl (C=O) groups is 1. The standard InChI is InChI=1S/C11H19NO2/c1-9-7-11(13)4-5-12(9)10-3-2-6-14-8-10/h9-10H,2-8H2,1H3. The topological polar surface area (TPSA) is 29.5 Å². The zero-order valence-electron chi connectivity index (χ0n) is 8.87. The summed E-state index contributed by atoms with van der Waals surface area (Å²) in [6.07, 6.45) is 3.87. The minimum absolute atomic E-state index is 0.419. The Kier molecular flexibility index (Phi) is 3.19. The maximum Gasteiger partial charge on any atom is 0.135 e. The minimum atomic E-state index is 0.419. The van der Waals surface area contributed by atoms with Crippen molar-refractivity contribution in [3.8, 4) is 0 Å². The van der Waals surface area contributed by atoms with Gasteiger partial charge < -0.3 is 4.74 Å². The van der Waals surface area contributed by atoms with Crippen molar-refractivity contribution in [2.45, 2.75) is 44.7 Å². The molecular weight excluding hydrogens is 178 g/mol. The molecule has 2 saturated heterocycles. The molecule has 3 heteroatoms. The van der Waals surface area contributed by atoms with Crippen LogP contribution in [0.3, 0.4) is 0 Å². The molecule has 0 aromatic heterocycles. The molecule has 0 saturated carbocycles. The molecule has 0 N–H and O–H groups in total. The first kappa shape index (κ1) is 10.1. The van der Waals surface area contributed by atoms with Gasteiger partial charge in [-0.25, -0.2) is 0 Å². The third kappa shape index (κ3) is 2.15. The molecular formula is C11H19NO2. The molecule has 0 aromatic rings. The number of nitrogens with zero attached hydrogens (tertiary/aromatic N) is 1. The molecule has 0 aliphatic carbocycles. The number of rotatable bonds is 1. The zero-order chi connectivity index (χ0) is 9.97. The van der Waals surface area contributed by atoms with E-state index in [2.05, 4.69) is 11.8 Å². The number of likely N-dealkylation sites (tertiary alicyclic amines) is 1. The maximum absolute atomic E-state index is 11.2. The highest BCUT2D eigenvalue weighted by molar-refractivity contribution is 5.79. The average Bonchev–Trinajstić information content (AvgIpc) is 2.19. The molecule has 3 nitrogen and oxygen atoms in total. The van der Waals surface area contributed by atoms with Gasteiger partial charge in [0, 0.05) is 38.1 Å². The number of hydrogen-bond donors (Lipinski definition) is 0. The van der Waals surface area contributed by atoms with Crippen LogP contribution in [0.4, 0.5) is 0 Å². The van der Waals surface area contributed by atoms with E-state index in [9.17, 15) is 4.79 Å². The summed E-state index contributed by atoms with van der Waals surface area (Å²) >= 11 is 0. The third-order valence-electron chi connectivity index (χ3n) is 3.34. The lowest BCUT2D eigenvalue weighted by Crippen LogP contribution is -2.50. The van der Waals surface area contributed by atoms with Crippen molar-refractivity contribution in [2.75, 3.05) is 19.8 Å². The van der Waals surface area contributed by atoms with Crippen molar-refractivity contribution < 1.29 is 9.53 Å². The molecule has 0 bridgehead atoms. The van der Waals surface area contributed by atoms with Crippen molar-refractivity contribution in [3.05, 3.63) is 0 Å². The summed E-state index contributed by atoms with van der Waals surface area (Å²) in [4.78, 5) is 13.7. The van der Waals surface area contributed by atoms with E-state index in [1.807, 2.05) is 0 Å². The largest absolute Gasteiger partial charge is 0.380 e. The van der Waals surface area contributed by atoms with Crippen LogP contribution >= 0.6 is 0 Å². The molecule has 2 unspecified atom stereocenters. The van der Waals surface area contributed by atoms with Gasteiger partial charge in [0.1, 0.15) is 5.78 Å². The Morgan fingerprint density at radius 1 is 1.50 bits per heavy atom. The summed E-state index contributed by atoms with van der Waals surface area (Å²) in [6.45, 7) is 4.87. The Hall–Kier alpha value is -0.410. The fourth-order valence-corrected chi connectivity index (χ4v) is 2.55. The minimum Gasteiger partial charge on any atom is -0.380 e. The van der Waals surface area contributed by atoms with Crippen LogP contribution in [0.25, 0.3) is 0 Å². The highest BCUT2D eigenvalue weighted by atomic mass is 16.5. The van der Waals surface area contributed by atoms with Crippen molar-refractivity contribution in [2.24, 2.45) is 0 Å². The Morgan fingerprint density at radius 3 is 3.00 bits per heavy atom. The Morgan fingerprint density at radius 2 is 2.36 bits per heavy atom. The van der Waals surface area contributed by atoms with Crippen LogP contribution in [0.2, 0.25) is 0 Å². The maximum atomic E-state index is 11.2. The number of carbonyl (C=O) groups excluding carboxylic acids is 1. The quantitative estimate of drug-likeness (QED) is 0.633. The predicted molar refractivity (Wildman–Crippen MR) is 54.3 cm³/mol. The molecule has 2 rings (SSSR count). The van der Waals surface area contributed by atoms with Gasteiger partial charge >= 0.3 is 0 Å². The average molecular weight is 197 g/mol. The molecule has 2 heterocycles. The number of Topliss-reactive ketones (excluding diaryl/α,β-unsaturated/α-hetero) is 1. The summed E-state index contributed by atoms with van der Waals surface area (Å²) < 4.78 is 5.48. The van der Waals surface area contributed by atoms with Crippen molar-refractivity contribution in [3.63, 3.8) is 0 Å². The van der Waals surface area contributed by atoms with E-state index in [1.54, 1.807) is 0 Å². The van der Waals surface area contributed by atoms with Crippen LogP contribution in [0.15, 0.2) is 0 Å². The molecule has 0 aromatic carbocycles. The van der Waals surface area contributed by atoms with E-state index < -0.39 is 0 Å². The summed E-state index contributed by atoms with van der Waals surface area (Å²) in [5.41, 5.74) is 0. The summed E-state index contributed by atoms with van der Waals surface area (Å²) in [7, 11) is 0. The van der Waals surface area contributed by atoms with E-state index in [1.165, 1.54) is 12.8 Å². The third-order valence-corrected chi connectivity index (χ3v) is 3.34. The normalized spacial score (nSPS) is 35.9. The highest BCUT2D eigenvalue weighted by Gasteiger charge is 2.30. The lowest BCUT2D eigenvalue weighted by molar-refractivity contribution is -0.124. The smallest absolute Gasteiger partial charge is 0.135 e. The summed E-state index contributed by atoms with van der Waals surface area (Å²) in [6, 6.07) is 0.981. The number of hydrogen-bond acceptors (Lipinski definition) is 3. The molecule has 2 aliphatic rings. The zero-order valence-corrected chi connectivity index (χ0v) is 8.87. The molecule has 0 amide bonds. The Balaban J connectivity index is 1.92. The Bertz CT molecular complexity index is 211. The first-order valence-electron chi connectivity index (χ1n) is 5.62. The van der Waals surface area contributed by atoms with E-state index in [4.69, 9.17) is 4.74 Å². The van der Waals surface area contributed by atoms with Gasteiger partial charge in [-0.1, -0.05) is 0 Å². The molecule has 2 atom stereocenters. The van der Waals surface area contributed by atoms with E-state index in [-0.39, 0.29) is 0 Å². The Labute approximate surface area is 85.4 Å². The van der Waals surface area contributed by atoms with Crippen LogP contribution < -0.4 is 0 Å². The molecule has 0 radical (unpaired) electrons. The molecule has 80 valence electrons. The molecule has 2 aliphatic heterocycles. The van der Waals surface area contributed by atoms with Crippen LogP contribution in [0.5, 0.6) is 0 Å². The number of piperidine rings is 1. The molecule has 2 fully saturated rings. The molecule has 14 heavy (non-hydrogen) atoms. The van der Waals surface area contributed by atoms with Gasteiger partial charge in [-0.3, -0.25) is 9.69 Å². The van der Waals surface area contributed by atoms with E-state index in [0.29, 0.717) is 17.9 Å². The summed E-state index contributed by atoms with van der Waals surface area (Å²) in [5, 5.41) is 0. The number of ketones is 1. The van der Waals surface area contributed by atoms with Gasteiger partial charge in [0.05, 0.1) is 6.61 Å². The van der Waals surface area contributed by atoms with Gasteiger partial charge in [-0.15, -0.1) is 0 Å². The number of ether oxygens (including phenoxy) is 1. The SMILES string of the molecule is CC1CC(=O)CCN1C1CCCOC1. The lowest BCUT2D eigenvalue weighted by atomic mass is 9.98.